The molecule has 1 amide bonds. The van der Waals surface area contributed by atoms with Gasteiger partial charge in [0.15, 0.2) is 0 Å². The first-order valence-electron chi connectivity index (χ1n) is 8.28. The Morgan fingerprint density at radius 2 is 1.68 bits per heavy atom. The van der Waals surface area contributed by atoms with Crippen molar-refractivity contribution in [2.24, 2.45) is 0 Å². The highest BCUT2D eigenvalue weighted by atomic mass is 32.2. The maximum Gasteiger partial charge on any atom is 0.255 e. The van der Waals surface area contributed by atoms with E-state index in [1.54, 1.807) is 13.0 Å². The molecule has 2 aromatic rings. The van der Waals surface area contributed by atoms with Crippen LogP contribution in [0, 0.1) is 20.8 Å². The van der Waals surface area contributed by atoms with Crippen LogP contribution in [0.4, 0.5) is 5.69 Å². The maximum absolute atomic E-state index is 12.7. The minimum Gasteiger partial charge on any atom is -0.322 e. The third-order valence-corrected chi connectivity index (χ3v) is 5.82. The average molecular weight is 358 g/mol. The highest BCUT2D eigenvalue weighted by Gasteiger charge is 2.28. The summed E-state index contributed by atoms with van der Waals surface area (Å²) >= 11 is 0. The van der Waals surface area contributed by atoms with Gasteiger partial charge in [0.25, 0.3) is 5.91 Å². The highest BCUT2D eigenvalue weighted by molar-refractivity contribution is 7.89. The number of carbonyl (C=O) groups excluding carboxylic acids is 1. The van der Waals surface area contributed by atoms with Crippen molar-refractivity contribution in [2.45, 2.75) is 44.6 Å². The van der Waals surface area contributed by atoms with Gasteiger partial charge in [-0.1, -0.05) is 18.2 Å². The van der Waals surface area contributed by atoms with E-state index in [-0.39, 0.29) is 16.8 Å². The molecular formula is C19H22N2O3S. The maximum atomic E-state index is 12.7. The molecule has 0 atom stereocenters. The zero-order valence-corrected chi connectivity index (χ0v) is 15.4. The first-order valence-corrected chi connectivity index (χ1v) is 9.76. The number of rotatable bonds is 5. The predicted molar refractivity (Wildman–Crippen MR) is 98.4 cm³/mol. The van der Waals surface area contributed by atoms with Gasteiger partial charge in [0.05, 0.1) is 4.90 Å². The van der Waals surface area contributed by atoms with Gasteiger partial charge < -0.3 is 5.32 Å². The Morgan fingerprint density at radius 3 is 2.36 bits per heavy atom. The molecule has 25 heavy (non-hydrogen) atoms. The van der Waals surface area contributed by atoms with Crippen LogP contribution in [-0.2, 0) is 10.0 Å². The molecule has 0 aliphatic heterocycles. The molecule has 0 spiro atoms. The van der Waals surface area contributed by atoms with Gasteiger partial charge in [-0.2, -0.15) is 0 Å². The summed E-state index contributed by atoms with van der Waals surface area (Å²) in [4.78, 5) is 12.8. The lowest BCUT2D eigenvalue weighted by atomic mass is 10.1. The fourth-order valence-corrected chi connectivity index (χ4v) is 3.89. The Kier molecular flexibility index (Phi) is 4.67. The number of hydrogen-bond donors (Lipinski definition) is 2. The van der Waals surface area contributed by atoms with Crippen LogP contribution < -0.4 is 10.0 Å². The molecule has 1 fully saturated rings. The second kappa shape index (κ2) is 6.61. The van der Waals surface area contributed by atoms with Crippen molar-refractivity contribution in [3.63, 3.8) is 0 Å². The molecule has 0 aromatic heterocycles. The van der Waals surface area contributed by atoms with Crippen LogP contribution >= 0.6 is 0 Å². The second-order valence-corrected chi connectivity index (χ2v) is 8.36. The Hall–Kier alpha value is -2.18. The van der Waals surface area contributed by atoms with E-state index in [2.05, 4.69) is 10.0 Å². The Labute approximate surface area is 148 Å². The number of sulfonamides is 1. The fraction of sp³-hybridized carbons (Fsp3) is 0.316. The monoisotopic (exact) mass is 358 g/mol. The van der Waals surface area contributed by atoms with Crippen molar-refractivity contribution in [3.8, 4) is 0 Å². The van der Waals surface area contributed by atoms with Gasteiger partial charge in [-0.05, 0) is 68.5 Å². The normalized spacial score (nSPS) is 14.4. The first kappa shape index (κ1) is 17.6. The first-order chi connectivity index (χ1) is 11.8. The Bertz CT molecular complexity index is 932. The summed E-state index contributed by atoms with van der Waals surface area (Å²) in [7, 11) is -3.59. The highest BCUT2D eigenvalue weighted by Crippen LogP contribution is 2.24. The van der Waals surface area contributed by atoms with Crippen LogP contribution in [0.3, 0.4) is 0 Å². The van der Waals surface area contributed by atoms with E-state index >= 15 is 0 Å². The molecule has 2 N–H and O–H groups in total. The van der Waals surface area contributed by atoms with Gasteiger partial charge in [0.2, 0.25) is 10.0 Å². The molecule has 0 saturated heterocycles. The van der Waals surface area contributed by atoms with E-state index in [1.807, 2.05) is 32.0 Å². The van der Waals surface area contributed by atoms with E-state index in [0.717, 1.165) is 35.2 Å². The Balaban J connectivity index is 1.89. The van der Waals surface area contributed by atoms with Crippen LogP contribution in [0.1, 0.15) is 39.9 Å². The molecule has 0 heterocycles. The number of amides is 1. The van der Waals surface area contributed by atoms with Gasteiger partial charge in [-0.3, -0.25) is 4.79 Å². The lowest BCUT2D eigenvalue weighted by molar-refractivity contribution is 0.102. The Morgan fingerprint density at radius 1 is 1.00 bits per heavy atom. The van der Waals surface area contributed by atoms with E-state index in [1.165, 1.54) is 12.1 Å². The van der Waals surface area contributed by atoms with Crippen molar-refractivity contribution in [1.29, 1.82) is 0 Å². The summed E-state index contributed by atoms with van der Waals surface area (Å²) in [5.41, 5.74) is 3.82. The van der Waals surface area contributed by atoms with Crippen molar-refractivity contribution in [3.05, 3.63) is 58.7 Å². The standard InChI is InChI=1S/C19H22N2O3S/c1-12-4-5-14(3)18(10-12)20-19(22)17-11-16(9-6-13(17)2)25(23,24)21-15-7-8-15/h4-6,9-11,15,21H,7-8H2,1-3H3,(H,20,22). The third-order valence-electron chi connectivity index (χ3n) is 4.30. The molecule has 1 saturated carbocycles. The van der Waals surface area contributed by atoms with E-state index < -0.39 is 10.0 Å². The van der Waals surface area contributed by atoms with E-state index in [4.69, 9.17) is 0 Å². The number of hydrogen-bond acceptors (Lipinski definition) is 3. The molecule has 0 radical (unpaired) electrons. The topological polar surface area (TPSA) is 75.3 Å². The molecule has 0 unspecified atom stereocenters. The zero-order valence-electron chi connectivity index (χ0n) is 14.6. The molecule has 0 bridgehead atoms. The van der Waals surface area contributed by atoms with Gasteiger partial charge in [0, 0.05) is 17.3 Å². The van der Waals surface area contributed by atoms with Gasteiger partial charge in [-0.25, -0.2) is 13.1 Å². The van der Waals surface area contributed by atoms with Crippen LogP contribution in [0.25, 0.3) is 0 Å². The molecule has 5 nitrogen and oxygen atoms in total. The minimum absolute atomic E-state index is 0.0264. The van der Waals surface area contributed by atoms with Gasteiger partial charge in [0.1, 0.15) is 0 Å². The summed E-state index contributed by atoms with van der Waals surface area (Å²) < 4.78 is 27.4. The SMILES string of the molecule is Cc1ccc(C)c(NC(=O)c2cc(S(=O)(=O)NC3CC3)ccc2C)c1. The van der Waals surface area contributed by atoms with Crippen LogP contribution in [0.15, 0.2) is 41.3 Å². The van der Waals surface area contributed by atoms with Crippen LogP contribution in [0.5, 0.6) is 0 Å². The molecule has 1 aliphatic carbocycles. The molecular weight excluding hydrogens is 336 g/mol. The average Bonchev–Trinajstić information content (AvgIpc) is 3.34. The van der Waals surface area contributed by atoms with Crippen LogP contribution in [0.2, 0.25) is 0 Å². The summed E-state index contributed by atoms with van der Waals surface area (Å²) in [6, 6.07) is 10.5. The third kappa shape index (κ3) is 4.08. The zero-order chi connectivity index (χ0) is 18.2. The smallest absolute Gasteiger partial charge is 0.255 e. The van der Waals surface area contributed by atoms with Crippen molar-refractivity contribution < 1.29 is 13.2 Å². The van der Waals surface area contributed by atoms with Gasteiger partial charge >= 0.3 is 0 Å². The number of carbonyl (C=O) groups is 1. The fourth-order valence-electron chi connectivity index (χ4n) is 2.56. The van der Waals surface area contributed by atoms with Crippen molar-refractivity contribution in [1.82, 2.24) is 4.72 Å². The van der Waals surface area contributed by atoms with Crippen LogP contribution in [-0.4, -0.2) is 20.4 Å². The number of benzene rings is 2. The van der Waals surface area contributed by atoms with E-state index in [9.17, 15) is 13.2 Å². The summed E-state index contributed by atoms with van der Waals surface area (Å²) in [5.74, 6) is -0.310. The van der Waals surface area contributed by atoms with Gasteiger partial charge in [-0.15, -0.1) is 0 Å². The number of aryl methyl sites for hydroxylation is 3. The van der Waals surface area contributed by atoms with E-state index in [0.29, 0.717) is 5.56 Å². The lowest BCUT2D eigenvalue weighted by Crippen LogP contribution is -2.26. The molecule has 2 aromatic carbocycles. The number of nitrogens with one attached hydrogen (secondary N) is 2. The summed E-state index contributed by atoms with van der Waals surface area (Å²) in [6.45, 7) is 5.67. The van der Waals surface area contributed by atoms with Crippen molar-refractivity contribution >= 4 is 21.6 Å². The molecule has 132 valence electrons. The summed E-state index contributed by atoms with van der Waals surface area (Å²) in [6.07, 6.45) is 1.73. The number of anilines is 1. The lowest BCUT2D eigenvalue weighted by Gasteiger charge is -2.13. The van der Waals surface area contributed by atoms with Crippen molar-refractivity contribution in [2.75, 3.05) is 5.32 Å². The quantitative estimate of drug-likeness (QED) is 0.861. The largest absolute Gasteiger partial charge is 0.322 e. The molecule has 6 heteroatoms. The molecule has 3 rings (SSSR count). The molecule has 1 aliphatic rings. The second-order valence-electron chi connectivity index (χ2n) is 6.64. The predicted octanol–water partition coefficient (Wildman–Crippen LogP) is 3.30. The summed E-state index contributed by atoms with van der Waals surface area (Å²) in [5, 5.41) is 2.89. The minimum atomic E-state index is -3.59.